The number of carboxylic acid groups (broad SMARTS) is 1. The highest BCUT2D eigenvalue weighted by Gasteiger charge is 2.24. The third-order valence-electron chi connectivity index (χ3n) is 3.28. The van der Waals surface area contributed by atoms with E-state index >= 15 is 0 Å². The predicted molar refractivity (Wildman–Crippen MR) is 76.8 cm³/mol. The molecule has 0 bridgehead atoms. The lowest BCUT2D eigenvalue weighted by molar-refractivity contribution is -0.138. The van der Waals surface area contributed by atoms with E-state index in [1.54, 1.807) is 7.11 Å². The molecular weight excluding hydrogens is 262 g/mol. The van der Waals surface area contributed by atoms with E-state index in [1.807, 2.05) is 30.0 Å². The minimum absolute atomic E-state index is 0.127. The van der Waals surface area contributed by atoms with Crippen molar-refractivity contribution in [3.8, 4) is 5.75 Å². The van der Waals surface area contributed by atoms with Gasteiger partial charge >= 0.3 is 5.97 Å². The molecule has 1 saturated heterocycles. The Hall–Kier alpha value is -1.20. The first-order valence-electron chi connectivity index (χ1n) is 6.35. The molecule has 0 radical (unpaired) electrons. The van der Waals surface area contributed by atoms with Crippen LogP contribution < -0.4 is 4.74 Å². The van der Waals surface area contributed by atoms with Gasteiger partial charge in [-0.15, -0.1) is 0 Å². The number of methoxy groups -OCH3 is 1. The summed E-state index contributed by atoms with van der Waals surface area (Å²) < 4.78 is 5.22. The first-order valence-corrected chi connectivity index (χ1v) is 7.51. The average molecular weight is 281 g/mol. The molecule has 1 heterocycles. The molecule has 19 heavy (non-hydrogen) atoms. The molecule has 2 rings (SSSR count). The first kappa shape index (κ1) is 14.2. The molecule has 5 heteroatoms. The first-order chi connectivity index (χ1) is 9.19. The Morgan fingerprint density at radius 3 is 3.16 bits per heavy atom. The molecule has 1 aromatic carbocycles. The Kier molecular flexibility index (Phi) is 5.10. The van der Waals surface area contributed by atoms with Crippen molar-refractivity contribution in [2.45, 2.75) is 19.0 Å². The van der Waals surface area contributed by atoms with Gasteiger partial charge in [-0.2, -0.15) is 11.8 Å². The smallest absolute Gasteiger partial charge is 0.304 e. The van der Waals surface area contributed by atoms with Crippen molar-refractivity contribution < 1.29 is 14.6 Å². The van der Waals surface area contributed by atoms with E-state index in [1.165, 1.54) is 5.56 Å². The normalized spacial score (nSPS) is 20.2. The summed E-state index contributed by atoms with van der Waals surface area (Å²) in [7, 11) is 1.66. The zero-order chi connectivity index (χ0) is 13.7. The molecule has 1 aliphatic heterocycles. The van der Waals surface area contributed by atoms with Crippen LogP contribution in [-0.4, -0.2) is 47.2 Å². The maximum absolute atomic E-state index is 10.9. The standard InChI is InChI=1S/C14H19NO3S/c1-18-13-4-2-3-11(7-13)9-15-5-6-19-10-12(15)8-14(16)17/h2-4,7,12H,5-6,8-10H2,1H3,(H,16,17). The highest BCUT2D eigenvalue weighted by molar-refractivity contribution is 7.99. The Morgan fingerprint density at radius 2 is 2.42 bits per heavy atom. The number of carbonyl (C=O) groups is 1. The number of hydrogen-bond donors (Lipinski definition) is 1. The van der Waals surface area contributed by atoms with Crippen LogP contribution in [0.1, 0.15) is 12.0 Å². The second-order valence-electron chi connectivity index (χ2n) is 4.65. The molecular formula is C14H19NO3S. The predicted octanol–water partition coefficient (Wildman–Crippen LogP) is 2.09. The summed E-state index contributed by atoms with van der Waals surface area (Å²) in [6.07, 6.45) is 0.219. The molecule has 1 atom stereocenters. The number of aliphatic carboxylic acids is 1. The van der Waals surface area contributed by atoms with Crippen LogP contribution >= 0.6 is 11.8 Å². The molecule has 0 aromatic heterocycles. The van der Waals surface area contributed by atoms with Gasteiger partial charge in [-0.05, 0) is 17.7 Å². The van der Waals surface area contributed by atoms with Gasteiger partial charge in [-0.1, -0.05) is 12.1 Å². The SMILES string of the molecule is COc1cccc(CN2CCSCC2CC(=O)O)c1. The summed E-state index contributed by atoms with van der Waals surface area (Å²) in [5.41, 5.74) is 1.17. The molecule has 0 aliphatic carbocycles. The summed E-state index contributed by atoms with van der Waals surface area (Å²) >= 11 is 1.84. The van der Waals surface area contributed by atoms with Crippen LogP contribution in [0.25, 0.3) is 0 Å². The fraction of sp³-hybridized carbons (Fsp3) is 0.500. The van der Waals surface area contributed by atoms with Gasteiger partial charge in [0.25, 0.3) is 0 Å². The lowest BCUT2D eigenvalue weighted by Crippen LogP contribution is -2.42. The molecule has 1 aliphatic rings. The number of thioether (sulfide) groups is 1. The van der Waals surface area contributed by atoms with Crippen LogP contribution in [-0.2, 0) is 11.3 Å². The molecule has 1 N–H and O–H groups in total. The third kappa shape index (κ3) is 4.14. The van der Waals surface area contributed by atoms with Gasteiger partial charge in [0, 0.05) is 30.6 Å². The lowest BCUT2D eigenvalue weighted by Gasteiger charge is -2.34. The van der Waals surface area contributed by atoms with Crippen molar-refractivity contribution in [2.24, 2.45) is 0 Å². The van der Waals surface area contributed by atoms with E-state index in [2.05, 4.69) is 11.0 Å². The molecule has 104 valence electrons. The number of rotatable bonds is 5. The Morgan fingerprint density at radius 1 is 1.58 bits per heavy atom. The van der Waals surface area contributed by atoms with Crippen molar-refractivity contribution in [3.63, 3.8) is 0 Å². The molecule has 0 spiro atoms. The van der Waals surface area contributed by atoms with Gasteiger partial charge < -0.3 is 9.84 Å². The molecule has 1 fully saturated rings. The van der Waals surface area contributed by atoms with E-state index in [-0.39, 0.29) is 12.5 Å². The lowest BCUT2D eigenvalue weighted by atomic mass is 10.1. The third-order valence-corrected chi connectivity index (χ3v) is 4.37. The van der Waals surface area contributed by atoms with Crippen molar-refractivity contribution >= 4 is 17.7 Å². The number of ether oxygens (including phenoxy) is 1. The second-order valence-corrected chi connectivity index (χ2v) is 5.80. The zero-order valence-corrected chi connectivity index (χ0v) is 11.9. The summed E-state index contributed by atoms with van der Waals surface area (Å²) in [5, 5.41) is 8.98. The van der Waals surface area contributed by atoms with Crippen LogP contribution in [0.5, 0.6) is 5.75 Å². The van der Waals surface area contributed by atoms with Gasteiger partial charge in [0.1, 0.15) is 5.75 Å². The van der Waals surface area contributed by atoms with E-state index < -0.39 is 5.97 Å². The van der Waals surface area contributed by atoms with Crippen molar-refractivity contribution in [1.29, 1.82) is 0 Å². The fourth-order valence-corrected chi connectivity index (χ4v) is 3.42. The minimum Gasteiger partial charge on any atom is -0.497 e. The van der Waals surface area contributed by atoms with E-state index in [4.69, 9.17) is 9.84 Å². The average Bonchev–Trinajstić information content (AvgIpc) is 2.41. The second kappa shape index (κ2) is 6.82. The Bertz CT molecular complexity index is 438. The van der Waals surface area contributed by atoms with Crippen molar-refractivity contribution in [2.75, 3.05) is 25.2 Å². The highest BCUT2D eigenvalue weighted by atomic mass is 32.2. The Balaban J connectivity index is 2.03. The fourth-order valence-electron chi connectivity index (χ4n) is 2.29. The van der Waals surface area contributed by atoms with Gasteiger partial charge in [-0.25, -0.2) is 0 Å². The topological polar surface area (TPSA) is 49.8 Å². The molecule has 4 nitrogen and oxygen atoms in total. The number of nitrogens with zero attached hydrogens (tertiary/aromatic N) is 1. The van der Waals surface area contributed by atoms with Gasteiger partial charge in [-0.3, -0.25) is 9.69 Å². The van der Waals surface area contributed by atoms with Gasteiger partial charge in [0.15, 0.2) is 0 Å². The van der Waals surface area contributed by atoms with Crippen LogP contribution in [0, 0.1) is 0 Å². The van der Waals surface area contributed by atoms with Crippen molar-refractivity contribution in [3.05, 3.63) is 29.8 Å². The maximum Gasteiger partial charge on any atom is 0.304 e. The summed E-state index contributed by atoms with van der Waals surface area (Å²) in [6, 6.07) is 8.09. The highest BCUT2D eigenvalue weighted by Crippen LogP contribution is 2.22. The van der Waals surface area contributed by atoms with Gasteiger partial charge in [0.2, 0.25) is 0 Å². The monoisotopic (exact) mass is 281 g/mol. The largest absolute Gasteiger partial charge is 0.497 e. The van der Waals surface area contributed by atoms with E-state index in [9.17, 15) is 4.79 Å². The number of hydrogen-bond acceptors (Lipinski definition) is 4. The van der Waals surface area contributed by atoms with E-state index in [0.29, 0.717) is 0 Å². The molecule has 0 amide bonds. The van der Waals surface area contributed by atoms with Crippen LogP contribution in [0.4, 0.5) is 0 Å². The summed E-state index contributed by atoms with van der Waals surface area (Å²) in [6.45, 7) is 1.73. The maximum atomic E-state index is 10.9. The van der Waals surface area contributed by atoms with Crippen molar-refractivity contribution in [1.82, 2.24) is 4.90 Å². The van der Waals surface area contributed by atoms with Crippen LogP contribution in [0.15, 0.2) is 24.3 Å². The van der Waals surface area contributed by atoms with Gasteiger partial charge in [0.05, 0.1) is 13.5 Å². The molecule has 1 unspecified atom stereocenters. The Labute approximate surface area is 117 Å². The summed E-state index contributed by atoms with van der Waals surface area (Å²) in [4.78, 5) is 13.2. The quantitative estimate of drug-likeness (QED) is 0.895. The minimum atomic E-state index is -0.719. The van der Waals surface area contributed by atoms with Crippen LogP contribution in [0.3, 0.4) is 0 Å². The van der Waals surface area contributed by atoms with Crippen LogP contribution in [0.2, 0.25) is 0 Å². The summed E-state index contributed by atoms with van der Waals surface area (Å²) in [5.74, 6) is 2.10. The molecule has 0 saturated carbocycles. The zero-order valence-electron chi connectivity index (χ0n) is 11.0. The molecule has 1 aromatic rings. The number of carboxylic acids is 1. The van der Waals surface area contributed by atoms with E-state index in [0.717, 1.165) is 30.3 Å². The number of benzene rings is 1.